The maximum absolute atomic E-state index is 4.52. The maximum Gasteiger partial charge on any atom is 0.0809 e. The van der Waals surface area contributed by atoms with Crippen molar-refractivity contribution in [2.75, 3.05) is 7.05 Å². The molecule has 0 aliphatic rings. The lowest BCUT2D eigenvalue weighted by molar-refractivity contribution is 0.683. The van der Waals surface area contributed by atoms with Crippen LogP contribution in [0, 0.1) is 6.92 Å². The number of hydrogen-bond donors (Lipinski definition) is 1. The van der Waals surface area contributed by atoms with Crippen molar-refractivity contribution < 1.29 is 0 Å². The topological polar surface area (TPSA) is 37.8 Å². The molecule has 1 atom stereocenters. The van der Waals surface area contributed by atoms with E-state index in [1.165, 1.54) is 21.4 Å². The summed E-state index contributed by atoms with van der Waals surface area (Å²) in [6, 6.07) is 6.43. The number of hydrogen-bond acceptors (Lipinski definition) is 4. The fourth-order valence-electron chi connectivity index (χ4n) is 2.30. The third-order valence-corrected chi connectivity index (χ3v) is 4.19. The van der Waals surface area contributed by atoms with Gasteiger partial charge in [-0.1, -0.05) is 0 Å². The van der Waals surface area contributed by atoms with Crippen LogP contribution in [0.25, 0.3) is 10.2 Å². The summed E-state index contributed by atoms with van der Waals surface area (Å²) >= 11 is 1.72. The number of aromatic nitrogens is 2. The summed E-state index contributed by atoms with van der Waals surface area (Å²) in [5.74, 6) is 0. The molecule has 3 heterocycles. The Bertz CT molecular complexity index is 705. The minimum Gasteiger partial charge on any atom is -0.309 e. The standard InChI is InChI=1S/C15H15N3S/c1-10-3-5-17-9-12(10)15(16-2)11-7-14-13(18-8-11)4-6-19-14/h3-9,15-16H,1-2H3. The molecule has 1 N–H and O–H groups in total. The molecule has 96 valence electrons. The molecular weight excluding hydrogens is 254 g/mol. The Kier molecular flexibility index (Phi) is 3.27. The van der Waals surface area contributed by atoms with Crippen LogP contribution in [0.1, 0.15) is 22.7 Å². The van der Waals surface area contributed by atoms with Crippen LogP contribution in [-0.2, 0) is 0 Å². The van der Waals surface area contributed by atoms with Gasteiger partial charge in [0.2, 0.25) is 0 Å². The van der Waals surface area contributed by atoms with E-state index in [9.17, 15) is 0 Å². The van der Waals surface area contributed by atoms with Crippen LogP contribution in [0.4, 0.5) is 0 Å². The van der Waals surface area contributed by atoms with Gasteiger partial charge >= 0.3 is 0 Å². The average molecular weight is 269 g/mol. The normalized spacial score (nSPS) is 12.7. The van der Waals surface area contributed by atoms with E-state index in [1.807, 2.05) is 37.8 Å². The zero-order valence-corrected chi connectivity index (χ0v) is 11.7. The minimum absolute atomic E-state index is 0.132. The van der Waals surface area contributed by atoms with Crippen molar-refractivity contribution in [3.05, 3.63) is 58.9 Å². The highest BCUT2D eigenvalue weighted by Crippen LogP contribution is 2.27. The second-order valence-corrected chi connectivity index (χ2v) is 5.47. The number of nitrogens with one attached hydrogen (secondary N) is 1. The van der Waals surface area contributed by atoms with Gasteiger partial charge in [0.05, 0.1) is 16.3 Å². The van der Waals surface area contributed by atoms with E-state index in [0.29, 0.717) is 0 Å². The third-order valence-electron chi connectivity index (χ3n) is 3.34. The lowest BCUT2D eigenvalue weighted by Gasteiger charge is -2.18. The van der Waals surface area contributed by atoms with Crippen LogP contribution in [0.3, 0.4) is 0 Å². The van der Waals surface area contributed by atoms with Crippen molar-refractivity contribution in [2.24, 2.45) is 0 Å². The highest BCUT2D eigenvalue weighted by Gasteiger charge is 2.15. The summed E-state index contributed by atoms with van der Waals surface area (Å²) in [5, 5.41) is 5.43. The Morgan fingerprint density at radius 1 is 1.26 bits per heavy atom. The molecule has 0 aliphatic heterocycles. The molecule has 0 radical (unpaired) electrons. The summed E-state index contributed by atoms with van der Waals surface area (Å²) in [6.07, 6.45) is 5.70. The van der Waals surface area contributed by atoms with Gasteiger partial charge in [-0.05, 0) is 54.2 Å². The van der Waals surface area contributed by atoms with E-state index in [1.54, 1.807) is 11.3 Å². The lowest BCUT2D eigenvalue weighted by atomic mass is 9.98. The third kappa shape index (κ3) is 2.25. The van der Waals surface area contributed by atoms with Crippen molar-refractivity contribution in [3.8, 4) is 0 Å². The van der Waals surface area contributed by atoms with Crippen LogP contribution >= 0.6 is 11.3 Å². The first-order valence-corrected chi connectivity index (χ1v) is 7.08. The predicted molar refractivity (Wildman–Crippen MR) is 79.5 cm³/mol. The molecule has 0 spiro atoms. The molecule has 3 rings (SSSR count). The van der Waals surface area contributed by atoms with Gasteiger partial charge in [-0.3, -0.25) is 9.97 Å². The molecule has 0 amide bonds. The first-order valence-electron chi connectivity index (χ1n) is 6.20. The quantitative estimate of drug-likeness (QED) is 0.792. The van der Waals surface area contributed by atoms with Crippen LogP contribution in [0.2, 0.25) is 0 Å². The van der Waals surface area contributed by atoms with Crippen molar-refractivity contribution in [3.63, 3.8) is 0 Å². The molecule has 0 aromatic carbocycles. The summed E-state index contributed by atoms with van der Waals surface area (Å²) in [6.45, 7) is 2.11. The summed E-state index contributed by atoms with van der Waals surface area (Å²) < 4.78 is 1.22. The number of pyridine rings is 2. The number of rotatable bonds is 3. The number of nitrogens with zero attached hydrogens (tertiary/aromatic N) is 2. The smallest absolute Gasteiger partial charge is 0.0809 e. The molecule has 0 aliphatic carbocycles. The van der Waals surface area contributed by atoms with Gasteiger partial charge in [-0.2, -0.15) is 0 Å². The van der Waals surface area contributed by atoms with E-state index in [0.717, 1.165) is 5.52 Å². The van der Waals surface area contributed by atoms with Gasteiger partial charge in [0.15, 0.2) is 0 Å². The van der Waals surface area contributed by atoms with Crippen molar-refractivity contribution >= 4 is 21.6 Å². The van der Waals surface area contributed by atoms with E-state index >= 15 is 0 Å². The largest absolute Gasteiger partial charge is 0.309 e. The van der Waals surface area contributed by atoms with E-state index in [-0.39, 0.29) is 6.04 Å². The van der Waals surface area contributed by atoms with E-state index < -0.39 is 0 Å². The summed E-state index contributed by atoms with van der Waals surface area (Å²) in [7, 11) is 1.97. The Hall–Kier alpha value is -1.78. The highest BCUT2D eigenvalue weighted by molar-refractivity contribution is 7.17. The first kappa shape index (κ1) is 12.3. The van der Waals surface area contributed by atoms with Gasteiger partial charge in [-0.15, -0.1) is 11.3 Å². The monoisotopic (exact) mass is 269 g/mol. The second-order valence-electron chi connectivity index (χ2n) is 4.53. The lowest BCUT2D eigenvalue weighted by Crippen LogP contribution is -2.19. The van der Waals surface area contributed by atoms with Crippen LogP contribution < -0.4 is 5.32 Å². The molecule has 3 aromatic rings. The van der Waals surface area contributed by atoms with E-state index in [2.05, 4.69) is 33.7 Å². The number of fused-ring (bicyclic) bond motifs is 1. The summed E-state index contributed by atoms with van der Waals surface area (Å²) in [5.41, 5.74) is 4.67. The van der Waals surface area contributed by atoms with Crippen LogP contribution in [0.5, 0.6) is 0 Å². The molecule has 19 heavy (non-hydrogen) atoms. The molecule has 0 bridgehead atoms. The van der Waals surface area contributed by atoms with Gasteiger partial charge in [0.1, 0.15) is 0 Å². The first-order chi connectivity index (χ1) is 9.29. The van der Waals surface area contributed by atoms with Crippen molar-refractivity contribution in [2.45, 2.75) is 13.0 Å². The van der Waals surface area contributed by atoms with Crippen LogP contribution in [0.15, 0.2) is 42.2 Å². The molecule has 3 aromatic heterocycles. The summed E-state index contributed by atoms with van der Waals surface area (Å²) in [4.78, 5) is 8.75. The zero-order valence-electron chi connectivity index (χ0n) is 10.9. The van der Waals surface area contributed by atoms with Gasteiger partial charge in [-0.25, -0.2) is 0 Å². The Balaban J connectivity index is 2.09. The maximum atomic E-state index is 4.52. The molecule has 3 nitrogen and oxygen atoms in total. The minimum atomic E-state index is 0.132. The van der Waals surface area contributed by atoms with Crippen LogP contribution in [-0.4, -0.2) is 17.0 Å². The second kappa shape index (κ2) is 5.07. The fraction of sp³-hybridized carbons (Fsp3) is 0.200. The van der Waals surface area contributed by atoms with Gasteiger partial charge in [0, 0.05) is 18.6 Å². The van der Waals surface area contributed by atoms with E-state index in [4.69, 9.17) is 0 Å². The molecule has 0 saturated heterocycles. The Morgan fingerprint density at radius 3 is 2.95 bits per heavy atom. The average Bonchev–Trinajstić information content (AvgIpc) is 2.89. The fourth-order valence-corrected chi connectivity index (χ4v) is 3.09. The number of thiophene rings is 1. The predicted octanol–water partition coefficient (Wildman–Crippen LogP) is 3.31. The number of aryl methyl sites for hydroxylation is 1. The van der Waals surface area contributed by atoms with Crippen molar-refractivity contribution in [1.82, 2.24) is 15.3 Å². The Morgan fingerprint density at radius 2 is 2.16 bits per heavy atom. The van der Waals surface area contributed by atoms with Gasteiger partial charge in [0.25, 0.3) is 0 Å². The molecule has 0 saturated carbocycles. The SMILES string of the molecule is CNC(c1cnc2ccsc2c1)c1cnccc1C. The highest BCUT2D eigenvalue weighted by atomic mass is 32.1. The van der Waals surface area contributed by atoms with Crippen molar-refractivity contribution in [1.29, 1.82) is 0 Å². The zero-order chi connectivity index (χ0) is 13.2. The molecule has 1 unspecified atom stereocenters. The Labute approximate surface area is 116 Å². The molecular formula is C15H15N3S. The molecule has 4 heteroatoms. The van der Waals surface area contributed by atoms with Gasteiger partial charge < -0.3 is 5.32 Å². The molecule has 0 fully saturated rings.